The zero-order valence-corrected chi connectivity index (χ0v) is 17.6. The first kappa shape index (κ1) is 20.9. The summed E-state index contributed by atoms with van der Waals surface area (Å²) >= 11 is 0.892. The molecule has 0 unspecified atom stereocenters. The number of hydrogen-bond donors (Lipinski definition) is 1. The second-order valence-corrected chi connectivity index (χ2v) is 11.2. The highest BCUT2D eigenvalue weighted by Crippen LogP contribution is 2.35. The van der Waals surface area contributed by atoms with Crippen molar-refractivity contribution in [3.8, 4) is 0 Å². The van der Waals surface area contributed by atoms with Crippen LogP contribution in [-0.4, -0.2) is 34.1 Å². The number of thiazole rings is 1. The summed E-state index contributed by atoms with van der Waals surface area (Å²) in [5, 5.41) is 3.12. The molecule has 0 atom stereocenters. The van der Waals surface area contributed by atoms with Crippen LogP contribution in [0.1, 0.15) is 38.7 Å². The van der Waals surface area contributed by atoms with Crippen LogP contribution >= 0.6 is 11.3 Å². The van der Waals surface area contributed by atoms with Crippen LogP contribution in [0.4, 0.5) is 5.00 Å². The van der Waals surface area contributed by atoms with E-state index >= 15 is 0 Å². The van der Waals surface area contributed by atoms with Crippen LogP contribution in [0.15, 0.2) is 38.5 Å². The maximum atomic E-state index is 13.0. The standard InChI is InChI=1S/C17H24N2O4S3/c1-4-6-11-18-15-16(19-17(24-15)25(20,21)12-5-2)26(22,23)14-9-7-13(3)8-10-14/h7-10,18H,4-6,11-12H2,1-3H3. The highest BCUT2D eigenvalue weighted by Gasteiger charge is 2.30. The van der Waals surface area contributed by atoms with Gasteiger partial charge in [0.1, 0.15) is 5.00 Å². The van der Waals surface area contributed by atoms with Gasteiger partial charge in [-0.25, -0.2) is 21.8 Å². The summed E-state index contributed by atoms with van der Waals surface area (Å²) in [6.07, 6.45) is 2.23. The Morgan fingerprint density at radius 3 is 2.27 bits per heavy atom. The maximum absolute atomic E-state index is 13.0. The molecule has 0 radical (unpaired) electrons. The Balaban J connectivity index is 2.53. The molecule has 0 spiro atoms. The summed E-state index contributed by atoms with van der Waals surface area (Å²) in [4.78, 5) is 4.13. The van der Waals surface area contributed by atoms with Crippen molar-refractivity contribution in [2.24, 2.45) is 0 Å². The molecule has 1 aromatic carbocycles. The number of nitrogens with one attached hydrogen (secondary N) is 1. The number of hydrogen-bond acceptors (Lipinski definition) is 7. The molecule has 0 bridgehead atoms. The minimum Gasteiger partial charge on any atom is -0.374 e. The Labute approximate surface area is 159 Å². The van der Waals surface area contributed by atoms with E-state index < -0.39 is 19.7 Å². The van der Waals surface area contributed by atoms with Crippen LogP contribution in [0.5, 0.6) is 0 Å². The Morgan fingerprint density at radius 1 is 1.04 bits per heavy atom. The lowest BCUT2D eigenvalue weighted by molar-refractivity contribution is 0.589. The molecule has 0 aliphatic carbocycles. The molecule has 1 aromatic heterocycles. The van der Waals surface area contributed by atoms with E-state index in [-0.39, 0.29) is 25.0 Å². The van der Waals surface area contributed by atoms with E-state index in [9.17, 15) is 16.8 Å². The van der Waals surface area contributed by atoms with Crippen molar-refractivity contribution < 1.29 is 16.8 Å². The van der Waals surface area contributed by atoms with Crippen molar-refractivity contribution in [2.45, 2.75) is 54.3 Å². The molecule has 0 saturated carbocycles. The summed E-state index contributed by atoms with van der Waals surface area (Å²) < 4.78 is 50.6. The molecule has 0 fully saturated rings. The molecule has 1 N–H and O–H groups in total. The number of sulfone groups is 2. The summed E-state index contributed by atoms with van der Waals surface area (Å²) in [5.74, 6) is -0.0566. The number of aromatic nitrogens is 1. The third-order valence-electron chi connectivity index (χ3n) is 3.72. The minimum atomic E-state index is -3.91. The first-order chi connectivity index (χ1) is 12.2. The van der Waals surface area contributed by atoms with Gasteiger partial charge in [-0.2, -0.15) is 0 Å². The minimum absolute atomic E-state index is 0.0566. The summed E-state index contributed by atoms with van der Waals surface area (Å²) in [5.41, 5.74) is 0.940. The van der Waals surface area contributed by atoms with E-state index in [2.05, 4.69) is 10.3 Å². The fourth-order valence-electron chi connectivity index (χ4n) is 2.28. The van der Waals surface area contributed by atoms with Crippen LogP contribution in [0.2, 0.25) is 0 Å². The normalized spacial score (nSPS) is 12.3. The van der Waals surface area contributed by atoms with Gasteiger partial charge in [0.25, 0.3) is 0 Å². The lowest BCUT2D eigenvalue weighted by Crippen LogP contribution is -2.09. The Morgan fingerprint density at radius 2 is 1.69 bits per heavy atom. The van der Waals surface area contributed by atoms with Crippen molar-refractivity contribution in [2.75, 3.05) is 17.6 Å². The highest BCUT2D eigenvalue weighted by atomic mass is 32.2. The van der Waals surface area contributed by atoms with Crippen LogP contribution in [0, 0.1) is 6.92 Å². The van der Waals surface area contributed by atoms with Crippen molar-refractivity contribution in [1.29, 1.82) is 0 Å². The van der Waals surface area contributed by atoms with Gasteiger partial charge in [0.05, 0.1) is 10.6 Å². The molecule has 0 aliphatic rings. The molecule has 9 heteroatoms. The summed E-state index contributed by atoms with van der Waals surface area (Å²) in [6, 6.07) is 6.44. The number of anilines is 1. The van der Waals surface area contributed by atoms with Gasteiger partial charge in [-0.3, -0.25) is 0 Å². The van der Waals surface area contributed by atoms with Gasteiger partial charge >= 0.3 is 0 Å². The van der Waals surface area contributed by atoms with Gasteiger partial charge in [0.15, 0.2) is 5.03 Å². The Bertz CT molecular complexity index is 946. The molecule has 2 aromatic rings. The zero-order valence-electron chi connectivity index (χ0n) is 15.1. The van der Waals surface area contributed by atoms with Gasteiger partial charge in [0, 0.05) is 6.54 Å². The predicted octanol–water partition coefficient (Wildman–Crippen LogP) is 3.68. The van der Waals surface area contributed by atoms with Crippen LogP contribution in [-0.2, 0) is 19.7 Å². The van der Waals surface area contributed by atoms with Crippen LogP contribution in [0.25, 0.3) is 0 Å². The molecule has 2 rings (SSSR count). The average molecular weight is 417 g/mol. The average Bonchev–Trinajstić information content (AvgIpc) is 3.01. The van der Waals surface area contributed by atoms with Crippen molar-refractivity contribution >= 4 is 36.0 Å². The molecular formula is C17H24N2O4S3. The molecule has 1 heterocycles. The smallest absolute Gasteiger partial charge is 0.226 e. The SMILES string of the molecule is CCCCNc1sc(S(=O)(=O)CCC)nc1S(=O)(=O)c1ccc(C)cc1. The second-order valence-electron chi connectivity index (χ2n) is 6.03. The number of rotatable bonds is 9. The van der Waals surface area contributed by atoms with Crippen LogP contribution < -0.4 is 5.32 Å². The highest BCUT2D eigenvalue weighted by molar-refractivity contribution is 7.94. The Kier molecular flexibility index (Phi) is 6.81. The third-order valence-corrected chi connectivity index (χ3v) is 8.93. The van der Waals surface area contributed by atoms with E-state index in [1.807, 2.05) is 13.8 Å². The van der Waals surface area contributed by atoms with Crippen molar-refractivity contribution in [3.05, 3.63) is 29.8 Å². The number of unbranched alkanes of at least 4 members (excludes halogenated alkanes) is 1. The molecular weight excluding hydrogens is 392 g/mol. The quantitative estimate of drug-likeness (QED) is 0.627. The van der Waals surface area contributed by atoms with E-state index in [4.69, 9.17) is 0 Å². The van der Waals surface area contributed by atoms with E-state index in [0.29, 0.717) is 13.0 Å². The lowest BCUT2D eigenvalue weighted by atomic mass is 10.2. The largest absolute Gasteiger partial charge is 0.374 e. The molecule has 144 valence electrons. The van der Waals surface area contributed by atoms with E-state index in [1.54, 1.807) is 19.1 Å². The maximum Gasteiger partial charge on any atom is 0.226 e. The van der Waals surface area contributed by atoms with E-state index in [0.717, 1.165) is 29.7 Å². The molecule has 0 saturated heterocycles. The number of nitrogens with zero attached hydrogens (tertiary/aromatic N) is 1. The third kappa shape index (κ3) is 4.63. The monoisotopic (exact) mass is 416 g/mol. The fraction of sp³-hybridized carbons (Fsp3) is 0.471. The van der Waals surface area contributed by atoms with Gasteiger partial charge in [-0.05, 0) is 31.9 Å². The van der Waals surface area contributed by atoms with Gasteiger partial charge in [0.2, 0.25) is 24.0 Å². The lowest BCUT2D eigenvalue weighted by Gasteiger charge is -2.07. The van der Waals surface area contributed by atoms with Crippen molar-refractivity contribution in [3.63, 3.8) is 0 Å². The van der Waals surface area contributed by atoms with E-state index in [1.165, 1.54) is 12.1 Å². The number of benzene rings is 1. The van der Waals surface area contributed by atoms with Gasteiger partial charge in [-0.1, -0.05) is 49.3 Å². The molecule has 0 aliphatic heterocycles. The van der Waals surface area contributed by atoms with Crippen LogP contribution in [0.3, 0.4) is 0 Å². The summed E-state index contributed by atoms with van der Waals surface area (Å²) in [6.45, 7) is 6.21. The topological polar surface area (TPSA) is 93.2 Å². The number of aryl methyl sites for hydroxylation is 1. The second kappa shape index (κ2) is 8.49. The Hall–Kier alpha value is -1.45. The zero-order chi connectivity index (χ0) is 19.4. The first-order valence-electron chi connectivity index (χ1n) is 8.51. The predicted molar refractivity (Wildman–Crippen MR) is 104 cm³/mol. The molecule has 26 heavy (non-hydrogen) atoms. The van der Waals surface area contributed by atoms with Gasteiger partial charge < -0.3 is 5.32 Å². The fourth-order valence-corrected chi connectivity index (χ4v) is 6.66. The van der Waals surface area contributed by atoms with Gasteiger partial charge in [-0.15, -0.1) is 0 Å². The first-order valence-corrected chi connectivity index (χ1v) is 12.5. The van der Waals surface area contributed by atoms with Crippen molar-refractivity contribution in [1.82, 2.24) is 4.98 Å². The molecule has 0 amide bonds. The molecule has 6 nitrogen and oxygen atoms in total. The summed E-state index contributed by atoms with van der Waals surface area (Å²) in [7, 11) is -7.49.